The van der Waals surface area contributed by atoms with Crippen LogP contribution in [0, 0.1) is 5.41 Å². The summed E-state index contributed by atoms with van der Waals surface area (Å²) in [6.45, 7) is 6.40. The molecule has 0 aromatic heterocycles. The van der Waals surface area contributed by atoms with E-state index in [4.69, 9.17) is 4.74 Å². The van der Waals surface area contributed by atoms with Crippen molar-refractivity contribution in [3.63, 3.8) is 0 Å². The lowest BCUT2D eigenvalue weighted by Gasteiger charge is -2.44. The lowest BCUT2D eigenvalue weighted by molar-refractivity contribution is -0.206. The third kappa shape index (κ3) is 2.10. The van der Waals surface area contributed by atoms with Gasteiger partial charge in [-0.2, -0.15) is 0 Å². The van der Waals surface area contributed by atoms with Crippen molar-refractivity contribution in [1.29, 1.82) is 0 Å². The average Bonchev–Trinajstić information content (AvgIpc) is 2.20. The first-order valence-electron chi connectivity index (χ1n) is 5.86. The second-order valence-corrected chi connectivity index (χ2v) is 4.56. The molecule has 0 N–H and O–H groups in total. The van der Waals surface area contributed by atoms with Crippen molar-refractivity contribution in [3.8, 4) is 0 Å². The van der Waals surface area contributed by atoms with E-state index in [0.29, 0.717) is 0 Å². The predicted molar refractivity (Wildman–Crippen MR) is 57.0 cm³/mol. The number of hydrogen-bond donors (Lipinski definition) is 0. The van der Waals surface area contributed by atoms with Gasteiger partial charge in [-0.05, 0) is 19.8 Å². The molecule has 14 heavy (non-hydrogen) atoms. The first kappa shape index (κ1) is 11.5. The van der Waals surface area contributed by atoms with Crippen molar-refractivity contribution in [2.24, 2.45) is 5.41 Å². The Bertz CT molecular complexity index is 200. The van der Waals surface area contributed by atoms with Gasteiger partial charge in [-0.3, -0.25) is 4.79 Å². The van der Waals surface area contributed by atoms with Gasteiger partial charge >= 0.3 is 5.97 Å². The molecule has 1 fully saturated rings. The number of rotatable bonds is 6. The van der Waals surface area contributed by atoms with Crippen LogP contribution >= 0.6 is 0 Å². The Labute approximate surface area is 87.0 Å². The third-order valence-electron chi connectivity index (χ3n) is 3.30. The van der Waals surface area contributed by atoms with Gasteiger partial charge in [0.25, 0.3) is 0 Å². The van der Waals surface area contributed by atoms with E-state index < -0.39 is 0 Å². The molecule has 2 atom stereocenters. The fourth-order valence-electron chi connectivity index (χ4n) is 2.04. The van der Waals surface area contributed by atoms with E-state index in [-0.39, 0.29) is 17.5 Å². The molecule has 1 saturated heterocycles. The Morgan fingerprint density at radius 1 is 1.29 bits per heavy atom. The fourth-order valence-corrected chi connectivity index (χ4v) is 2.04. The molecule has 0 spiro atoms. The molecular weight excluding hydrogens is 176 g/mol. The molecule has 0 aromatic carbocycles. The highest BCUT2D eigenvalue weighted by molar-refractivity contribution is 5.82. The summed E-state index contributed by atoms with van der Waals surface area (Å²) >= 11 is 0. The third-order valence-corrected chi connectivity index (χ3v) is 3.30. The van der Waals surface area contributed by atoms with Gasteiger partial charge in [0, 0.05) is 0 Å². The molecule has 1 aliphatic rings. The van der Waals surface area contributed by atoms with Gasteiger partial charge in [0.05, 0.1) is 0 Å². The van der Waals surface area contributed by atoms with Gasteiger partial charge in [-0.25, -0.2) is 0 Å². The molecule has 82 valence electrons. The number of esters is 1. The zero-order chi connectivity index (χ0) is 10.6. The number of ether oxygens (including phenoxy) is 1. The summed E-state index contributed by atoms with van der Waals surface area (Å²) in [4.78, 5) is 11.4. The fraction of sp³-hybridized carbons (Fsp3) is 0.917. The van der Waals surface area contributed by atoms with Crippen molar-refractivity contribution in [3.05, 3.63) is 0 Å². The number of hydrogen-bond acceptors (Lipinski definition) is 2. The first-order valence-corrected chi connectivity index (χ1v) is 5.86. The van der Waals surface area contributed by atoms with Crippen LogP contribution in [0.3, 0.4) is 0 Å². The SMILES string of the molecule is CCCC[C@H]1OC(=O)[C@@]1(C)CCCC. The van der Waals surface area contributed by atoms with Crippen molar-refractivity contribution < 1.29 is 9.53 Å². The van der Waals surface area contributed by atoms with Gasteiger partial charge in [0.2, 0.25) is 0 Å². The lowest BCUT2D eigenvalue weighted by atomic mass is 9.73. The van der Waals surface area contributed by atoms with Crippen molar-refractivity contribution in [2.45, 2.75) is 65.4 Å². The molecule has 0 bridgehead atoms. The molecule has 0 amide bonds. The standard InChI is InChI=1S/C12H22O2/c1-4-6-8-10-12(3,9-7-5-2)11(13)14-10/h10H,4-9H2,1-3H3/t10-,12+/m1/s1. The van der Waals surface area contributed by atoms with E-state index in [1.165, 1.54) is 12.8 Å². The minimum absolute atomic E-state index is 0.0204. The predicted octanol–water partition coefficient (Wildman–Crippen LogP) is 3.30. The topological polar surface area (TPSA) is 26.3 Å². The first-order chi connectivity index (χ1) is 6.65. The minimum atomic E-state index is -0.162. The van der Waals surface area contributed by atoms with E-state index in [9.17, 15) is 4.79 Å². The zero-order valence-electron chi connectivity index (χ0n) is 9.64. The molecule has 1 aliphatic heterocycles. The Hall–Kier alpha value is -0.530. The molecule has 1 rings (SSSR count). The number of carbonyl (C=O) groups is 1. The van der Waals surface area contributed by atoms with E-state index >= 15 is 0 Å². The van der Waals surface area contributed by atoms with E-state index in [1.54, 1.807) is 0 Å². The second kappa shape index (κ2) is 4.81. The molecule has 0 saturated carbocycles. The largest absolute Gasteiger partial charge is 0.461 e. The van der Waals surface area contributed by atoms with Crippen LogP contribution in [0.25, 0.3) is 0 Å². The molecular formula is C12H22O2. The van der Waals surface area contributed by atoms with Crippen molar-refractivity contribution in [2.75, 3.05) is 0 Å². The second-order valence-electron chi connectivity index (χ2n) is 4.56. The number of cyclic esters (lactones) is 1. The van der Waals surface area contributed by atoms with E-state index in [2.05, 4.69) is 20.8 Å². The van der Waals surface area contributed by atoms with E-state index in [1.807, 2.05) is 0 Å². The highest BCUT2D eigenvalue weighted by Crippen LogP contribution is 2.42. The van der Waals surface area contributed by atoms with Crippen LogP contribution < -0.4 is 0 Å². The summed E-state index contributed by atoms with van der Waals surface area (Å²) in [6, 6.07) is 0. The van der Waals surface area contributed by atoms with Crippen LogP contribution in [0.4, 0.5) is 0 Å². The lowest BCUT2D eigenvalue weighted by Crippen LogP contribution is -2.54. The smallest absolute Gasteiger partial charge is 0.315 e. The highest BCUT2D eigenvalue weighted by atomic mass is 16.6. The van der Waals surface area contributed by atoms with Crippen LogP contribution in [0.15, 0.2) is 0 Å². The molecule has 2 nitrogen and oxygen atoms in total. The van der Waals surface area contributed by atoms with Crippen molar-refractivity contribution >= 4 is 5.97 Å². The maximum Gasteiger partial charge on any atom is 0.315 e. The van der Waals surface area contributed by atoms with Crippen molar-refractivity contribution in [1.82, 2.24) is 0 Å². The van der Waals surface area contributed by atoms with Crippen LogP contribution in [-0.2, 0) is 9.53 Å². The summed E-state index contributed by atoms with van der Waals surface area (Å²) < 4.78 is 5.21. The Balaban J connectivity index is 2.41. The number of unbranched alkanes of at least 4 members (excludes halogenated alkanes) is 2. The maximum atomic E-state index is 11.4. The van der Waals surface area contributed by atoms with Crippen LogP contribution in [0.1, 0.15) is 59.3 Å². The molecule has 0 aliphatic carbocycles. The summed E-state index contributed by atoms with van der Waals surface area (Å²) in [5.41, 5.74) is -0.162. The molecule has 1 heterocycles. The maximum absolute atomic E-state index is 11.4. The molecule has 0 aromatic rings. The summed E-state index contributed by atoms with van der Waals surface area (Å²) in [7, 11) is 0. The minimum Gasteiger partial charge on any atom is -0.461 e. The van der Waals surface area contributed by atoms with Gasteiger partial charge in [0.1, 0.15) is 11.5 Å². The van der Waals surface area contributed by atoms with Gasteiger partial charge in [0.15, 0.2) is 0 Å². The Morgan fingerprint density at radius 3 is 2.43 bits per heavy atom. The highest BCUT2D eigenvalue weighted by Gasteiger charge is 2.52. The molecule has 0 radical (unpaired) electrons. The Morgan fingerprint density at radius 2 is 1.93 bits per heavy atom. The Kier molecular flexibility index (Phi) is 3.97. The van der Waals surface area contributed by atoms with Gasteiger partial charge in [-0.1, -0.05) is 39.5 Å². The van der Waals surface area contributed by atoms with Gasteiger partial charge < -0.3 is 4.74 Å². The summed E-state index contributed by atoms with van der Waals surface area (Å²) in [5.74, 6) is 0.0204. The summed E-state index contributed by atoms with van der Waals surface area (Å²) in [5, 5.41) is 0. The average molecular weight is 198 g/mol. The summed E-state index contributed by atoms with van der Waals surface area (Å²) in [6.07, 6.45) is 6.87. The normalized spacial score (nSPS) is 31.1. The molecule has 0 unspecified atom stereocenters. The van der Waals surface area contributed by atoms with E-state index in [0.717, 1.165) is 25.7 Å². The monoisotopic (exact) mass is 198 g/mol. The zero-order valence-corrected chi connectivity index (χ0v) is 9.64. The van der Waals surface area contributed by atoms with Crippen LogP contribution in [0.2, 0.25) is 0 Å². The van der Waals surface area contributed by atoms with Crippen LogP contribution in [0.5, 0.6) is 0 Å². The molecule has 2 heteroatoms. The van der Waals surface area contributed by atoms with Gasteiger partial charge in [-0.15, -0.1) is 0 Å². The van der Waals surface area contributed by atoms with Crippen LogP contribution in [-0.4, -0.2) is 12.1 Å². The number of carbonyl (C=O) groups excluding carboxylic acids is 1. The quantitative estimate of drug-likeness (QED) is 0.612.